The number of phenols is 1. The van der Waals surface area contributed by atoms with Crippen molar-refractivity contribution in [3.63, 3.8) is 0 Å². The lowest BCUT2D eigenvalue weighted by Crippen LogP contribution is -2.62. The molecule has 0 aliphatic carbocycles. The zero-order chi connectivity index (χ0) is 68.5. The van der Waals surface area contributed by atoms with Crippen molar-refractivity contribution in [3.05, 3.63) is 102 Å². The molecule has 9 amide bonds. The number of aromatic amines is 2. The van der Waals surface area contributed by atoms with Crippen LogP contribution in [0.25, 0.3) is 0 Å². The molecule has 514 valence electrons. The molecule has 31 heteroatoms. The van der Waals surface area contributed by atoms with Gasteiger partial charge in [-0.2, -0.15) is 0 Å². The number of carbonyl (C=O) groups excluding carboxylic acids is 9. The lowest BCUT2D eigenvalue weighted by Gasteiger charge is -2.32. The maximum absolute atomic E-state index is 15.1. The number of benzene rings is 2. The average molecular weight is 1330 g/mol. The van der Waals surface area contributed by atoms with E-state index in [1.54, 1.807) is 71.9 Å². The van der Waals surface area contributed by atoms with Gasteiger partial charge in [-0.1, -0.05) is 97.9 Å². The first kappa shape index (κ1) is 76.5. The molecule has 1 fully saturated rings. The highest BCUT2D eigenvalue weighted by Gasteiger charge is 2.42. The van der Waals surface area contributed by atoms with E-state index in [1.165, 1.54) is 54.2 Å². The Labute approximate surface area is 545 Å². The van der Waals surface area contributed by atoms with Gasteiger partial charge >= 0.3 is 11.9 Å². The van der Waals surface area contributed by atoms with Gasteiger partial charge in [0, 0.05) is 62.6 Å². The predicted octanol–water partition coefficient (Wildman–Crippen LogP) is -0.697. The topological polar surface area (TPSA) is 496 Å². The third-order valence-electron chi connectivity index (χ3n) is 15.6. The fourth-order valence-corrected chi connectivity index (χ4v) is 10.4. The van der Waals surface area contributed by atoms with Crippen LogP contribution in [0, 0.1) is 17.8 Å². The van der Waals surface area contributed by atoms with Gasteiger partial charge in [0.25, 0.3) is 0 Å². The Bertz CT molecular complexity index is 3180. The second-order valence-corrected chi connectivity index (χ2v) is 23.9. The van der Waals surface area contributed by atoms with E-state index in [2.05, 4.69) is 67.5 Å². The molecule has 31 nitrogen and oxygen atoms in total. The van der Waals surface area contributed by atoms with Crippen LogP contribution in [0.4, 0.5) is 0 Å². The number of nitrogens with zero attached hydrogens (tertiary/aromatic N) is 4. The number of hydrogen-bond acceptors (Lipinski definition) is 16. The highest BCUT2D eigenvalue weighted by molar-refractivity contribution is 5.99. The standard InChI is InChI=1S/C62H89N17O14.CH4/c1-7-35(6)51(78-56(87)44(25-37-17-19-40(80)20-18-37)74-58(89)50(34(4)5)77-53(84)42(15-11-21-68-62(64)65)71-52(83)41(63)28-49(81)82)59(90)75-46(27-39-30-67-32-70-39)60(91)79-22-12-16-48(79)57(88)73-43(24-36-13-9-8-10-14-36)54(85)72-45(26-38-29-66-31-69-38)55(86)76-47(61(92)93)23-33(2)3;/h8-10,13-14,17-20,29-35,41-48,50-51,80H,7,11-12,15-16,21-28,63H2,1-6H3,(H,66,69)(H,67,70)(H,71,83)(H,72,85)(H,73,88)(H,74,89)(H,75,90)(H,76,86)(H,77,84)(H,78,87)(H,81,82)(H,92,93)(H4,64,65,68);1H4/t35-,41-,42-,43-,44-,45-,46-,47-,48-,50-,51-;/m0./s1/i4+1,5+1,8+1,9+1,10+1,12+1,13+1,14+1,16+1,22+1,24+1,34+1,36+1,43+1,48+1,50+1,54+1,57+1,58+1,73+1,77+1,79+1;. The van der Waals surface area contributed by atoms with Gasteiger partial charge in [-0.3, -0.25) is 52.9 Å². The quantitative estimate of drug-likeness (QED) is 0.00873. The van der Waals surface area contributed by atoms with Gasteiger partial charge in [0.15, 0.2) is 5.96 Å². The largest absolute Gasteiger partial charge is 0.508 e. The van der Waals surface area contributed by atoms with Gasteiger partial charge in [-0.25, -0.2) is 14.8 Å². The van der Waals surface area contributed by atoms with Crippen molar-refractivity contribution < 1.29 is 68.1 Å². The number of aromatic hydroxyl groups is 1. The molecule has 3 heterocycles. The SMILES string of the molecule is C.CC[C@H](C)[C@H](NC(=O)[C@H](Cc1ccc(O)cc1)N[13C](=O)[13C@@H]([15NH]C(=O)[C@H](CCCN=C(N)N)NC(=O)[C@@H](N)CC(=O)O)[13CH]([13CH3])[13CH3])C(=O)N[C@@H](Cc1cnc[nH]1)C(=O)[15N]1[13CH2][13CH2][13CH2][13C@H]1[13C](=O)[15NH][13C@@H]([13CH2][13c]1[13cH][13cH][13cH][13cH][13cH]1)[13C](=O)N[C@@H](Cc1cnc[nH]1)C(=O)N[C@@H](CC(C)C)C(=O)O. The number of carboxylic acid groups (broad SMARTS) is 2. The van der Waals surface area contributed by atoms with Gasteiger partial charge in [-0.15, -0.1) is 0 Å². The van der Waals surface area contributed by atoms with E-state index in [1.807, 2.05) is 0 Å². The Kier molecular flexibility index (Phi) is 30.6. The van der Waals surface area contributed by atoms with E-state index < -0.39 is 144 Å². The van der Waals surface area contributed by atoms with E-state index in [9.17, 15) is 63.3 Å². The number of phenolic OH excluding ortho intramolecular Hbond substituents is 1. The van der Waals surface area contributed by atoms with Crippen LogP contribution in [0.5, 0.6) is 5.75 Å². The number of aromatic nitrogens is 4. The number of amides is 9. The zero-order valence-electron chi connectivity index (χ0n) is 53.1. The van der Waals surface area contributed by atoms with Gasteiger partial charge in [0.05, 0.1) is 25.1 Å². The van der Waals surface area contributed by atoms with Crippen molar-refractivity contribution in [2.45, 2.75) is 180 Å². The third kappa shape index (κ3) is 24.3. The van der Waals surface area contributed by atoms with Crippen molar-refractivity contribution in [3.8, 4) is 5.75 Å². The fourth-order valence-electron chi connectivity index (χ4n) is 10.4. The number of carboxylic acids is 2. The highest BCUT2D eigenvalue weighted by atomic mass is 16.4. The van der Waals surface area contributed by atoms with Crippen LogP contribution in [0.1, 0.15) is 116 Å². The predicted molar refractivity (Wildman–Crippen MR) is 345 cm³/mol. The zero-order valence-corrected chi connectivity index (χ0v) is 53.1. The molecule has 4 aromatic rings. The second kappa shape index (κ2) is 37.5. The Morgan fingerprint density at radius 3 is 1.67 bits per heavy atom. The lowest BCUT2D eigenvalue weighted by atomic mass is 9.96. The summed E-state index contributed by atoms with van der Waals surface area (Å²) in [5.41, 5.74) is 18.7. The minimum absolute atomic E-state index is 0. The molecule has 0 spiro atoms. The molecule has 0 bridgehead atoms. The molecule has 0 radical (unpaired) electrons. The highest BCUT2D eigenvalue weighted by Crippen LogP contribution is 2.22. The molecule has 11 atom stereocenters. The number of hydrogen-bond donors (Lipinski definition) is 16. The minimum Gasteiger partial charge on any atom is -0.508 e. The molecule has 94 heavy (non-hydrogen) atoms. The van der Waals surface area contributed by atoms with Crippen LogP contribution < -0.4 is 59.7 Å². The maximum atomic E-state index is 15.1. The Morgan fingerprint density at radius 1 is 0.628 bits per heavy atom. The summed E-state index contributed by atoms with van der Waals surface area (Å²) >= 11 is 0. The molecule has 19 N–H and O–H groups in total. The summed E-state index contributed by atoms with van der Waals surface area (Å²) in [5, 5.41) is 50.8. The first-order valence-corrected chi connectivity index (χ1v) is 30.9. The van der Waals surface area contributed by atoms with Crippen molar-refractivity contribution in [2.75, 3.05) is 13.1 Å². The number of imidazole rings is 2. The number of guanidine groups is 1. The monoisotopic (exact) mass is 1330 g/mol. The molecular weight excluding hydrogens is 1240 g/mol. The summed E-state index contributed by atoms with van der Waals surface area (Å²) in [6.45, 7) is 10.4. The number of carbonyl (C=O) groups is 11. The molecule has 2 aromatic heterocycles. The van der Waals surface area contributed by atoms with Crippen LogP contribution in [-0.4, -0.2) is 185 Å². The number of aliphatic imine (C=N–C) groups is 1. The molecule has 1 saturated heterocycles. The summed E-state index contributed by atoms with van der Waals surface area (Å²) in [6, 6.07) is 0.810. The first-order valence-electron chi connectivity index (χ1n) is 30.9. The Balaban J connectivity index is 0.0000188. The van der Waals surface area contributed by atoms with Crippen LogP contribution in [-0.2, 0) is 78.4 Å². The van der Waals surface area contributed by atoms with E-state index in [-0.39, 0.29) is 89.5 Å². The Hall–Kier alpha value is -9.94. The van der Waals surface area contributed by atoms with Crippen molar-refractivity contribution in [1.82, 2.24) is 67.4 Å². The summed E-state index contributed by atoms with van der Waals surface area (Å²) in [6.07, 6.45) is 5.26. The summed E-state index contributed by atoms with van der Waals surface area (Å²) < 4.78 is 0. The van der Waals surface area contributed by atoms with E-state index in [4.69, 9.17) is 17.2 Å². The average Bonchev–Trinajstić information content (AvgIpc) is 1.54. The lowest BCUT2D eigenvalue weighted by molar-refractivity contribution is -0.143. The summed E-state index contributed by atoms with van der Waals surface area (Å²) in [7, 11) is 0. The number of aliphatic carboxylic acids is 2. The number of rotatable bonds is 37. The van der Waals surface area contributed by atoms with E-state index in [0.29, 0.717) is 35.4 Å². The second-order valence-electron chi connectivity index (χ2n) is 23.9. The van der Waals surface area contributed by atoms with Crippen molar-refractivity contribution >= 4 is 71.1 Å². The number of nitrogens with one attached hydrogen (secondary N) is 10. The fraction of sp³-hybridized carbons (Fsp3) is 0.524. The third-order valence-corrected chi connectivity index (χ3v) is 15.6. The molecule has 0 unspecified atom stereocenters. The molecular formula is C63H93N17O14. The van der Waals surface area contributed by atoms with E-state index >= 15 is 4.79 Å². The molecule has 5 rings (SSSR count). The van der Waals surface area contributed by atoms with Crippen LogP contribution >= 0.6 is 0 Å². The van der Waals surface area contributed by atoms with Gasteiger partial charge in [0.1, 0.15) is 60.1 Å². The first-order chi connectivity index (χ1) is 44.1. The van der Waals surface area contributed by atoms with Crippen LogP contribution in [0.2, 0.25) is 0 Å². The maximum Gasteiger partial charge on any atom is 0.326 e. The normalized spacial score (nSPS) is 15.9. The van der Waals surface area contributed by atoms with E-state index in [0.717, 1.165) is 0 Å². The smallest absolute Gasteiger partial charge is 0.326 e. The molecule has 0 saturated carbocycles. The number of nitrogens with two attached hydrogens (primary N) is 3. The van der Waals surface area contributed by atoms with Crippen molar-refractivity contribution in [1.29, 1.82) is 0 Å². The summed E-state index contributed by atoms with van der Waals surface area (Å²) in [4.78, 5) is 172. The number of H-pyrrole nitrogens is 2. The molecule has 2 aromatic carbocycles. The molecule has 1 aliphatic heterocycles. The Morgan fingerprint density at radius 2 is 1.13 bits per heavy atom. The summed E-state index contributed by atoms with van der Waals surface area (Å²) in [5.74, 6) is -11.7. The molecule has 1 aliphatic rings. The van der Waals surface area contributed by atoms with Crippen LogP contribution in [0.15, 0.2) is 84.6 Å². The number of likely N-dealkylation sites (tertiary alicyclic amines) is 1. The minimum atomic E-state index is -1.53. The van der Waals surface area contributed by atoms with Gasteiger partial charge in [-0.05, 0) is 73.1 Å². The van der Waals surface area contributed by atoms with Gasteiger partial charge in [0.2, 0.25) is 53.2 Å². The van der Waals surface area contributed by atoms with Gasteiger partial charge < -0.3 is 89.9 Å². The van der Waals surface area contributed by atoms with Crippen molar-refractivity contribution in [2.24, 2.45) is 39.9 Å². The van der Waals surface area contributed by atoms with Crippen LogP contribution in [0.3, 0.4) is 0 Å².